The third-order valence-corrected chi connectivity index (χ3v) is 8.46. The number of aryl methyl sites for hydroxylation is 2. The van der Waals surface area contributed by atoms with E-state index >= 15 is 0 Å². The molecule has 1 amide bonds. The molecule has 0 radical (unpaired) electrons. The van der Waals surface area contributed by atoms with Gasteiger partial charge in [0.15, 0.2) is 0 Å². The Bertz CT molecular complexity index is 1370. The number of aromatic nitrogens is 2. The minimum atomic E-state index is -0.0744. The standard InChI is InChI=1S/C28H28N4O2S/c33-24(18-32-19-29-27-25(28(32)34)22-12-7-13-23(22)35-27)30-14-16-31(17-15-30)26(20-8-3-1-4-9-20)21-10-5-2-6-11-21/h1-6,8-11,19,26H,7,12-18H2. The van der Waals surface area contributed by atoms with Crippen molar-refractivity contribution in [3.63, 3.8) is 0 Å². The van der Waals surface area contributed by atoms with Gasteiger partial charge in [-0.25, -0.2) is 4.98 Å². The zero-order chi connectivity index (χ0) is 23.8. The van der Waals surface area contributed by atoms with Crippen LogP contribution in [0.5, 0.6) is 0 Å². The van der Waals surface area contributed by atoms with E-state index in [2.05, 4.69) is 58.4 Å². The second-order valence-corrected chi connectivity index (χ2v) is 10.4. The Morgan fingerprint density at radius 1 is 0.914 bits per heavy atom. The average Bonchev–Trinajstić information content (AvgIpc) is 3.49. The maximum atomic E-state index is 13.2. The van der Waals surface area contributed by atoms with E-state index in [1.807, 2.05) is 17.0 Å². The van der Waals surface area contributed by atoms with E-state index in [4.69, 9.17) is 0 Å². The predicted octanol–water partition coefficient (Wildman–Crippen LogP) is 3.88. The van der Waals surface area contributed by atoms with E-state index < -0.39 is 0 Å². The molecule has 1 fully saturated rings. The van der Waals surface area contributed by atoms with Crippen LogP contribution >= 0.6 is 11.3 Å². The minimum absolute atomic E-state index is 0.0178. The fourth-order valence-electron chi connectivity index (χ4n) is 5.49. The molecule has 7 heteroatoms. The summed E-state index contributed by atoms with van der Waals surface area (Å²) in [5.74, 6) is -0.0178. The molecule has 2 aromatic heterocycles. The van der Waals surface area contributed by atoms with E-state index in [1.54, 1.807) is 17.7 Å². The topological polar surface area (TPSA) is 58.4 Å². The first kappa shape index (κ1) is 22.2. The van der Waals surface area contributed by atoms with Gasteiger partial charge in [-0.2, -0.15) is 0 Å². The molecule has 0 N–H and O–H groups in total. The third kappa shape index (κ3) is 4.19. The van der Waals surface area contributed by atoms with Crippen molar-refractivity contribution in [3.8, 4) is 0 Å². The molecular weight excluding hydrogens is 456 g/mol. The zero-order valence-corrected chi connectivity index (χ0v) is 20.4. The highest BCUT2D eigenvalue weighted by Crippen LogP contribution is 2.34. The molecule has 0 saturated carbocycles. The van der Waals surface area contributed by atoms with Gasteiger partial charge >= 0.3 is 0 Å². The Labute approximate surface area is 208 Å². The SMILES string of the molecule is O=C(Cn1cnc2sc3c(c2c1=O)CCC3)N1CCN(C(c2ccccc2)c2ccccc2)CC1. The molecular formula is C28H28N4O2S. The van der Waals surface area contributed by atoms with Crippen LogP contribution < -0.4 is 5.56 Å². The Kier molecular flexibility index (Phi) is 5.96. The van der Waals surface area contributed by atoms with Crippen LogP contribution in [0, 0.1) is 0 Å². The molecule has 6 nitrogen and oxygen atoms in total. The molecule has 0 spiro atoms. The number of nitrogens with zero attached hydrogens (tertiary/aromatic N) is 4. The second-order valence-electron chi connectivity index (χ2n) is 9.36. The summed E-state index contributed by atoms with van der Waals surface area (Å²) in [6.07, 6.45) is 4.62. The molecule has 1 aliphatic heterocycles. The van der Waals surface area contributed by atoms with Gasteiger partial charge in [-0.3, -0.25) is 19.1 Å². The molecule has 35 heavy (non-hydrogen) atoms. The normalized spacial score (nSPS) is 16.2. The maximum absolute atomic E-state index is 13.2. The third-order valence-electron chi connectivity index (χ3n) is 7.26. The molecule has 1 saturated heterocycles. The quantitative estimate of drug-likeness (QED) is 0.431. The van der Waals surface area contributed by atoms with Crippen LogP contribution in [-0.2, 0) is 24.2 Å². The first-order chi connectivity index (χ1) is 17.2. The van der Waals surface area contributed by atoms with Crippen LogP contribution in [0.1, 0.15) is 34.0 Å². The summed E-state index contributed by atoms with van der Waals surface area (Å²) in [5.41, 5.74) is 3.60. The first-order valence-corrected chi connectivity index (χ1v) is 13.1. The second kappa shape index (κ2) is 9.40. The fourth-order valence-corrected chi connectivity index (χ4v) is 6.71. The maximum Gasteiger partial charge on any atom is 0.262 e. The summed E-state index contributed by atoms with van der Waals surface area (Å²) in [5, 5.41) is 0.733. The summed E-state index contributed by atoms with van der Waals surface area (Å²) in [7, 11) is 0. The van der Waals surface area contributed by atoms with Crippen LogP contribution in [0.2, 0.25) is 0 Å². The largest absolute Gasteiger partial charge is 0.339 e. The lowest BCUT2D eigenvalue weighted by Gasteiger charge is -2.39. The minimum Gasteiger partial charge on any atom is -0.339 e. The van der Waals surface area contributed by atoms with Gasteiger partial charge in [0, 0.05) is 31.1 Å². The summed E-state index contributed by atoms with van der Waals surface area (Å²) in [4.78, 5) is 37.3. The van der Waals surface area contributed by atoms with E-state index in [9.17, 15) is 9.59 Å². The van der Waals surface area contributed by atoms with Crippen molar-refractivity contribution < 1.29 is 4.79 Å². The first-order valence-electron chi connectivity index (χ1n) is 12.3. The van der Waals surface area contributed by atoms with Crippen molar-refractivity contribution in [1.29, 1.82) is 0 Å². The molecule has 6 rings (SSSR count). The van der Waals surface area contributed by atoms with Gasteiger partial charge in [-0.1, -0.05) is 60.7 Å². The van der Waals surface area contributed by atoms with Crippen LogP contribution in [0.25, 0.3) is 10.2 Å². The summed E-state index contributed by atoms with van der Waals surface area (Å²) in [6.45, 7) is 2.91. The number of thiophene rings is 1. The number of carbonyl (C=O) groups is 1. The van der Waals surface area contributed by atoms with E-state index in [0.717, 1.165) is 48.1 Å². The van der Waals surface area contributed by atoms with Crippen LogP contribution in [0.15, 0.2) is 71.8 Å². The van der Waals surface area contributed by atoms with Gasteiger partial charge in [0.25, 0.3) is 5.56 Å². The van der Waals surface area contributed by atoms with Gasteiger partial charge in [0.1, 0.15) is 11.4 Å². The summed E-state index contributed by atoms with van der Waals surface area (Å²) in [6, 6.07) is 21.3. The summed E-state index contributed by atoms with van der Waals surface area (Å²) < 4.78 is 1.50. The Morgan fingerprint density at radius 2 is 1.57 bits per heavy atom. The smallest absolute Gasteiger partial charge is 0.262 e. The molecule has 0 unspecified atom stereocenters. The molecule has 0 bridgehead atoms. The highest BCUT2D eigenvalue weighted by Gasteiger charge is 2.29. The van der Waals surface area contributed by atoms with Gasteiger partial charge in [-0.15, -0.1) is 11.3 Å². The van der Waals surface area contributed by atoms with Gasteiger partial charge in [-0.05, 0) is 36.0 Å². The number of carbonyl (C=O) groups excluding carboxylic acids is 1. The van der Waals surface area contributed by atoms with Crippen LogP contribution in [0.4, 0.5) is 0 Å². The van der Waals surface area contributed by atoms with Crippen molar-refractivity contribution >= 4 is 27.5 Å². The number of fused-ring (bicyclic) bond motifs is 3. The van der Waals surface area contributed by atoms with E-state index in [0.29, 0.717) is 13.1 Å². The highest BCUT2D eigenvalue weighted by atomic mass is 32.1. The fraction of sp³-hybridized carbons (Fsp3) is 0.321. The van der Waals surface area contributed by atoms with Crippen molar-refractivity contribution in [2.75, 3.05) is 26.2 Å². The van der Waals surface area contributed by atoms with Crippen molar-refractivity contribution in [2.24, 2.45) is 0 Å². The lowest BCUT2D eigenvalue weighted by molar-refractivity contribution is -0.133. The molecule has 2 aliphatic rings. The number of rotatable bonds is 5. The zero-order valence-electron chi connectivity index (χ0n) is 19.6. The van der Waals surface area contributed by atoms with Crippen molar-refractivity contribution in [2.45, 2.75) is 31.8 Å². The number of hydrogen-bond donors (Lipinski definition) is 0. The molecule has 3 heterocycles. The number of amides is 1. The number of hydrogen-bond acceptors (Lipinski definition) is 5. The Morgan fingerprint density at radius 3 is 2.23 bits per heavy atom. The summed E-state index contributed by atoms with van der Waals surface area (Å²) >= 11 is 1.63. The monoisotopic (exact) mass is 484 g/mol. The van der Waals surface area contributed by atoms with Crippen LogP contribution in [-0.4, -0.2) is 51.4 Å². The number of piperazine rings is 1. The molecule has 178 valence electrons. The Balaban J connectivity index is 1.17. The lowest BCUT2D eigenvalue weighted by Crippen LogP contribution is -2.51. The van der Waals surface area contributed by atoms with Crippen molar-refractivity contribution in [1.82, 2.24) is 19.4 Å². The lowest BCUT2D eigenvalue weighted by atomic mass is 9.96. The van der Waals surface area contributed by atoms with Crippen LogP contribution in [0.3, 0.4) is 0 Å². The molecule has 0 atom stereocenters. The van der Waals surface area contributed by atoms with Crippen molar-refractivity contribution in [3.05, 3.63) is 98.9 Å². The van der Waals surface area contributed by atoms with Gasteiger partial charge < -0.3 is 4.90 Å². The average molecular weight is 485 g/mol. The predicted molar refractivity (Wildman–Crippen MR) is 139 cm³/mol. The van der Waals surface area contributed by atoms with Gasteiger partial charge in [0.05, 0.1) is 17.8 Å². The van der Waals surface area contributed by atoms with E-state index in [1.165, 1.54) is 20.6 Å². The Hall–Kier alpha value is -3.29. The number of benzene rings is 2. The molecule has 4 aromatic rings. The molecule has 1 aliphatic carbocycles. The molecule has 2 aromatic carbocycles. The van der Waals surface area contributed by atoms with Gasteiger partial charge in [0.2, 0.25) is 5.91 Å². The highest BCUT2D eigenvalue weighted by molar-refractivity contribution is 7.18. The van der Waals surface area contributed by atoms with E-state index in [-0.39, 0.29) is 24.1 Å².